The van der Waals surface area contributed by atoms with Crippen LogP contribution >= 0.6 is 0 Å². The zero-order valence-corrected chi connectivity index (χ0v) is 17.9. The number of ether oxygens (including phenoxy) is 2. The van der Waals surface area contributed by atoms with E-state index >= 15 is 0 Å². The standard InChI is InChI=1S/C21H31N3O6/c1-4-6-10-16-17(23-21(26)29-3)11-12-18(19(16)24(27)28)22-15-9-7-8-14(13-15)20(25)30-5-2/h11-12,14-15,22H,4-10,13H2,1-3H3,(H,23,26)/t14-,15-/m1/s1. The van der Waals surface area contributed by atoms with Crippen LogP contribution in [0.1, 0.15) is 57.9 Å². The molecule has 2 rings (SSSR count). The summed E-state index contributed by atoms with van der Waals surface area (Å²) in [5, 5.41) is 17.8. The highest BCUT2D eigenvalue weighted by Crippen LogP contribution is 2.37. The van der Waals surface area contributed by atoms with Crippen LogP contribution in [0, 0.1) is 16.0 Å². The van der Waals surface area contributed by atoms with E-state index in [9.17, 15) is 19.7 Å². The lowest BCUT2D eigenvalue weighted by atomic mass is 9.85. The largest absolute Gasteiger partial charge is 0.466 e. The molecule has 0 spiro atoms. The highest BCUT2D eigenvalue weighted by molar-refractivity contribution is 5.88. The van der Waals surface area contributed by atoms with Crippen molar-refractivity contribution >= 4 is 29.1 Å². The molecule has 0 aromatic heterocycles. The number of nitrogens with one attached hydrogen (secondary N) is 2. The van der Waals surface area contributed by atoms with Gasteiger partial charge in [-0.2, -0.15) is 0 Å². The number of methoxy groups -OCH3 is 1. The summed E-state index contributed by atoms with van der Waals surface area (Å²) in [5.41, 5.74) is 1.20. The second-order valence-corrected chi connectivity index (χ2v) is 7.42. The summed E-state index contributed by atoms with van der Waals surface area (Å²) in [5.74, 6) is -0.408. The molecule has 2 N–H and O–H groups in total. The third-order valence-electron chi connectivity index (χ3n) is 5.32. The number of nitro groups is 1. The molecular weight excluding hydrogens is 390 g/mol. The molecule has 1 aliphatic carbocycles. The Morgan fingerprint density at radius 1 is 1.23 bits per heavy atom. The first-order valence-corrected chi connectivity index (χ1v) is 10.5. The average molecular weight is 421 g/mol. The average Bonchev–Trinajstić information content (AvgIpc) is 2.73. The highest BCUT2D eigenvalue weighted by atomic mass is 16.6. The predicted octanol–water partition coefficient (Wildman–Crippen LogP) is 4.65. The first kappa shape index (κ1) is 23.4. The summed E-state index contributed by atoms with van der Waals surface area (Å²) in [6, 6.07) is 3.20. The van der Waals surface area contributed by atoms with Gasteiger partial charge in [0.2, 0.25) is 0 Å². The van der Waals surface area contributed by atoms with Crippen molar-refractivity contribution in [1.29, 1.82) is 0 Å². The van der Waals surface area contributed by atoms with Crippen LogP contribution in [0.3, 0.4) is 0 Å². The summed E-state index contributed by atoms with van der Waals surface area (Å²) in [6.07, 6.45) is 4.39. The second-order valence-electron chi connectivity index (χ2n) is 7.42. The van der Waals surface area contributed by atoms with Crippen LogP contribution < -0.4 is 10.6 Å². The van der Waals surface area contributed by atoms with Crippen molar-refractivity contribution in [3.05, 3.63) is 27.8 Å². The molecule has 166 valence electrons. The number of esters is 1. The van der Waals surface area contributed by atoms with E-state index in [0.29, 0.717) is 36.4 Å². The van der Waals surface area contributed by atoms with Gasteiger partial charge < -0.3 is 14.8 Å². The Bertz CT molecular complexity index is 767. The number of hydrogen-bond donors (Lipinski definition) is 2. The lowest BCUT2D eigenvalue weighted by Gasteiger charge is -2.29. The molecule has 0 aliphatic heterocycles. The summed E-state index contributed by atoms with van der Waals surface area (Å²) in [7, 11) is 1.24. The minimum Gasteiger partial charge on any atom is -0.466 e. The molecule has 1 aliphatic rings. The van der Waals surface area contributed by atoms with E-state index in [1.807, 2.05) is 6.92 Å². The maximum atomic E-state index is 12.1. The smallest absolute Gasteiger partial charge is 0.411 e. The normalized spacial score (nSPS) is 18.4. The van der Waals surface area contributed by atoms with Crippen LogP contribution in [0.15, 0.2) is 12.1 Å². The first-order chi connectivity index (χ1) is 14.4. The number of unbranched alkanes of at least 4 members (excludes halogenated alkanes) is 1. The van der Waals surface area contributed by atoms with Gasteiger partial charge in [-0.05, 0) is 51.2 Å². The van der Waals surface area contributed by atoms with Gasteiger partial charge in [-0.25, -0.2) is 4.79 Å². The molecule has 0 radical (unpaired) electrons. The van der Waals surface area contributed by atoms with Gasteiger partial charge in [-0.3, -0.25) is 20.2 Å². The number of nitro benzene ring substituents is 1. The van der Waals surface area contributed by atoms with Crippen molar-refractivity contribution in [2.75, 3.05) is 24.4 Å². The Balaban J connectivity index is 2.31. The lowest BCUT2D eigenvalue weighted by Crippen LogP contribution is -2.32. The molecule has 0 bridgehead atoms. The Morgan fingerprint density at radius 3 is 2.60 bits per heavy atom. The Kier molecular flexibility index (Phi) is 8.89. The molecule has 2 atom stereocenters. The van der Waals surface area contributed by atoms with E-state index in [2.05, 4.69) is 15.4 Å². The molecule has 1 aromatic rings. The van der Waals surface area contributed by atoms with E-state index in [1.165, 1.54) is 7.11 Å². The fourth-order valence-corrected chi connectivity index (χ4v) is 3.86. The SMILES string of the molecule is CCCCc1c(NC(=O)OC)ccc(N[C@@H]2CCC[C@@H](C(=O)OCC)C2)c1[N+](=O)[O-]. The van der Waals surface area contributed by atoms with Gasteiger partial charge in [0.15, 0.2) is 0 Å². The fraction of sp³-hybridized carbons (Fsp3) is 0.619. The summed E-state index contributed by atoms with van der Waals surface area (Å²) in [4.78, 5) is 35.3. The van der Waals surface area contributed by atoms with Crippen LogP contribution in [0.4, 0.5) is 21.9 Å². The minimum absolute atomic E-state index is 0.0457. The van der Waals surface area contributed by atoms with Gasteiger partial charge in [-0.15, -0.1) is 0 Å². The van der Waals surface area contributed by atoms with Crippen LogP contribution in [-0.4, -0.2) is 36.7 Å². The molecule has 9 heteroatoms. The molecule has 0 heterocycles. The molecule has 1 fully saturated rings. The molecule has 1 amide bonds. The van der Waals surface area contributed by atoms with Crippen molar-refractivity contribution in [2.24, 2.45) is 5.92 Å². The van der Waals surface area contributed by atoms with Gasteiger partial charge in [0.1, 0.15) is 5.69 Å². The number of carbonyl (C=O) groups is 2. The number of amides is 1. The number of carbonyl (C=O) groups excluding carboxylic acids is 2. The molecule has 30 heavy (non-hydrogen) atoms. The summed E-state index contributed by atoms with van der Waals surface area (Å²) in [6.45, 7) is 4.12. The fourth-order valence-electron chi connectivity index (χ4n) is 3.86. The number of nitrogens with zero attached hydrogens (tertiary/aromatic N) is 1. The molecule has 1 saturated carbocycles. The zero-order chi connectivity index (χ0) is 22.1. The first-order valence-electron chi connectivity index (χ1n) is 10.5. The van der Waals surface area contributed by atoms with Crippen LogP contribution in [0.2, 0.25) is 0 Å². The minimum atomic E-state index is -0.674. The molecule has 0 saturated heterocycles. The zero-order valence-electron chi connectivity index (χ0n) is 17.9. The highest BCUT2D eigenvalue weighted by Gasteiger charge is 2.31. The number of hydrogen-bond acceptors (Lipinski definition) is 7. The maximum absolute atomic E-state index is 12.1. The maximum Gasteiger partial charge on any atom is 0.411 e. The monoisotopic (exact) mass is 421 g/mol. The van der Waals surface area contributed by atoms with Gasteiger partial charge in [0.25, 0.3) is 5.69 Å². The number of benzene rings is 1. The van der Waals surface area contributed by atoms with E-state index in [1.54, 1.807) is 19.1 Å². The predicted molar refractivity (Wildman–Crippen MR) is 114 cm³/mol. The van der Waals surface area contributed by atoms with Crippen molar-refractivity contribution in [3.63, 3.8) is 0 Å². The lowest BCUT2D eigenvalue weighted by molar-refractivity contribution is -0.384. The summed E-state index contributed by atoms with van der Waals surface area (Å²) < 4.78 is 9.78. The quantitative estimate of drug-likeness (QED) is 0.338. The van der Waals surface area contributed by atoms with Gasteiger partial charge in [0, 0.05) is 6.04 Å². The van der Waals surface area contributed by atoms with Gasteiger partial charge in [0.05, 0.1) is 35.8 Å². The van der Waals surface area contributed by atoms with Gasteiger partial charge in [-0.1, -0.05) is 19.8 Å². The number of rotatable bonds is 9. The van der Waals surface area contributed by atoms with E-state index in [0.717, 1.165) is 32.1 Å². The third kappa shape index (κ3) is 6.08. The van der Waals surface area contributed by atoms with Crippen molar-refractivity contribution in [1.82, 2.24) is 0 Å². The van der Waals surface area contributed by atoms with E-state index in [4.69, 9.17) is 4.74 Å². The van der Waals surface area contributed by atoms with Gasteiger partial charge >= 0.3 is 12.1 Å². The van der Waals surface area contributed by atoms with Crippen LogP contribution in [-0.2, 0) is 20.7 Å². The topological polar surface area (TPSA) is 120 Å². The van der Waals surface area contributed by atoms with E-state index < -0.39 is 11.0 Å². The van der Waals surface area contributed by atoms with Crippen molar-refractivity contribution in [3.8, 4) is 0 Å². The van der Waals surface area contributed by atoms with Crippen molar-refractivity contribution < 1.29 is 24.0 Å². The van der Waals surface area contributed by atoms with Crippen LogP contribution in [0.5, 0.6) is 0 Å². The molecule has 9 nitrogen and oxygen atoms in total. The van der Waals surface area contributed by atoms with Crippen LogP contribution in [0.25, 0.3) is 0 Å². The molecule has 0 unspecified atom stereocenters. The van der Waals surface area contributed by atoms with Crippen molar-refractivity contribution in [2.45, 2.75) is 64.8 Å². The Hall–Kier alpha value is -2.84. The summed E-state index contributed by atoms with van der Waals surface area (Å²) >= 11 is 0. The Morgan fingerprint density at radius 2 is 1.97 bits per heavy atom. The number of anilines is 2. The van der Waals surface area contributed by atoms with E-state index in [-0.39, 0.29) is 23.6 Å². The second kappa shape index (κ2) is 11.4. The molecular formula is C21H31N3O6. The molecule has 1 aromatic carbocycles. The Labute approximate surface area is 176 Å². The third-order valence-corrected chi connectivity index (χ3v) is 5.32.